The van der Waals surface area contributed by atoms with Crippen LogP contribution in [-0.2, 0) is 4.79 Å². The number of nitrogens with zero attached hydrogens (tertiary/aromatic N) is 1. The number of carbonyl (C=O) groups is 1. The Kier molecular flexibility index (Phi) is 6.52. The Bertz CT molecular complexity index is 233. The first-order valence-corrected chi connectivity index (χ1v) is 6.85. The number of hydrogen-bond acceptors (Lipinski definition) is 3. The van der Waals surface area contributed by atoms with Gasteiger partial charge in [0.15, 0.2) is 0 Å². The van der Waals surface area contributed by atoms with Gasteiger partial charge >= 0.3 is 0 Å². The average molecular weight is 241 g/mol. The van der Waals surface area contributed by atoms with Crippen molar-refractivity contribution in [2.75, 3.05) is 33.2 Å². The Hall–Kier alpha value is -0.610. The summed E-state index contributed by atoms with van der Waals surface area (Å²) in [5, 5.41) is 6.12. The minimum absolute atomic E-state index is 0.0543. The maximum Gasteiger partial charge on any atom is 0.224 e. The highest BCUT2D eigenvalue weighted by atomic mass is 16.1. The van der Waals surface area contributed by atoms with Gasteiger partial charge in [-0.05, 0) is 33.0 Å². The van der Waals surface area contributed by atoms with E-state index in [0.717, 1.165) is 19.6 Å². The molecule has 1 aliphatic heterocycles. The molecular weight excluding hydrogens is 214 g/mol. The normalized spacial score (nSPS) is 23.4. The predicted molar refractivity (Wildman–Crippen MR) is 71.0 cm³/mol. The van der Waals surface area contributed by atoms with Crippen molar-refractivity contribution in [2.24, 2.45) is 5.92 Å². The van der Waals surface area contributed by atoms with E-state index < -0.39 is 0 Å². The summed E-state index contributed by atoms with van der Waals surface area (Å²) >= 11 is 0. The number of amides is 1. The van der Waals surface area contributed by atoms with E-state index in [-0.39, 0.29) is 11.8 Å². The largest absolute Gasteiger partial charge is 0.354 e. The van der Waals surface area contributed by atoms with Crippen molar-refractivity contribution >= 4 is 5.91 Å². The summed E-state index contributed by atoms with van der Waals surface area (Å²) in [5.74, 6) is 0.222. The highest BCUT2D eigenvalue weighted by molar-refractivity contribution is 5.78. The molecule has 4 heteroatoms. The maximum atomic E-state index is 11.8. The Balaban J connectivity index is 2.30. The highest BCUT2D eigenvalue weighted by Gasteiger charge is 2.22. The molecule has 4 nitrogen and oxygen atoms in total. The molecule has 1 aliphatic rings. The van der Waals surface area contributed by atoms with E-state index in [2.05, 4.69) is 22.5 Å². The van der Waals surface area contributed by atoms with Crippen LogP contribution >= 0.6 is 0 Å². The Morgan fingerprint density at radius 2 is 2.24 bits per heavy atom. The maximum absolute atomic E-state index is 11.8. The molecule has 1 heterocycles. The van der Waals surface area contributed by atoms with Crippen LogP contribution in [0.25, 0.3) is 0 Å². The van der Waals surface area contributed by atoms with Gasteiger partial charge in [0.1, 0.15) is 0 Å². The van der Waals surface area contributed by atoms with Crippen molar-refractivity contribution in [1.82, 2.24) is 15.5 Å². The summed E-state index contributed by atoms with van der Waals surface area (Å²) in [5.41, 5.74) is 0. The lowest BCUT2D eigenvalue weighted by molar-refractivity contribution is -0.124. The second kappa shape index (κ2) is 7.67. The molecule has 1 fully saturated rings. The number of rotatable bonds is 6. The van der Waals surface area contributed by atoms with Crippen LogP contribution in [0.5, 0.6) is 0 Å². The zero-order valence-electron chi connectivity index (χ0n) is 11.5. The highest BCUT2D eigenvalue weighted by Crippen LogP contribution is 2.15. The van der Waals surface area contributed by atoms with Crippen LogP contribution in [0.2, 0.25) is 0 Å². The summed E-state index contributed by atoms with van der Waals surface area (Å²) in [7, 11) is 1.88. The van der Waals surface area contributed by atoms with Crippen molar-refractivity contribution < 1.29 is 4.79 Å². The molecule has 17 heavy (non-hydrogen) atoms. The molecule has 0 spiro atoms. The second-order valence-electron chi connectivity index (χ2n) is 4.98. The molecule has 100 valence electrons. The van der Waals surface area contributed by atoms with Gasteiger partial charge in [-0.15, -0.1) is 0 Å². The molecule has 1 saturated heterocycles. The minimum atomic E-state index is 0.0543. The molecule has 0 aromatic heterocycles. The Morgan fingerprint density at radius 3 is 2.88 bits per heavy atom. The molecule has 0 bridgehead atoms. The Labute approximate surface area is 105 Å². The lowest BCUT2D eigenvalue weighted by Gasteiger charge is -2.35. The summed E-state index contributed by atoms with van der Waals surface area (Å²) in [6.45, 7) is 7.98. The first-order valence-electron chi connectivity index (χ1n) is 6.85. The summed E-state index contributed by atoms with van der Waals surface area (Å²) in [4.78, 5) is 14.3. The van der Waals surface area contributed by atoms with Gasteiger partial charge in [0.05, 0.1) is 0 Å². The number of likely N-dealkylation sites (N-methyl/N-ethyl adjacent to an activating group) is 1. The summed E-state index contributed by atoms with van der Waals surface area (Å²) in [6, 6.07) is 0.541. The van der Waals surface area contributed by atoms with Gasteiger partial charge in [0.25, 0.3) is 0 Å². The van der Waals surface area contributed by atoms with E-state index >= 15 is 0 Å². The molecule has 0 aromatic rings. The van der Waals surface area contributed by atoms with E-state index in [1.165, 1.54) is 25.8 Å². The van der Waals surface area contributed by atoms with Crippen LogP contribution in [0.15, 0.2) is 0 Å². The van der Waals surface area contributed by atoms with Crippen LogP contribution in [-0.4, -0.2) is 50.1 Å². The van der Waals surface area contributed by atoms with Crippen LogP contribution in [0.3, 0.4) is 0 Å². The molecule has 1 rings (SSSR count). The fourth-order valence-corrected chi connectivity index (χ4v) is 2.50. The summed E-state index contributed by atoms with van der Waals surface area (Å²) < 4.78 is 0. The molecular formula is C13H27N3O. The standard InChI is InChI=1S/C13H27N3O/c1-4-16-8-6-5-7-12(16)10-15-13(17)11(2)9-14-3/h11-12,14H,4-10H2,1-3H3,(H,15,17). The van der Waals surface area contributed by atoms with Crippen molar-refractivity contribution in [2.45, 2.75) is 39.2 Å². The molecule has 1 amide bonds. The third-order valence-corrected chi connectivity index (χ3v) is 3.63. The predicted octanol–water partition coefficient (Wildman–Crippen LogP) is 0.833. The SMILES string of the molecule is CCN1CCCCC1CNC(=O)C(C)CNC. The number of piperidine rings is 1. The molecule has 2 unspecified atom stereocenters. The van der Waals surface area contributed by atoms with Crippen molar-refractivity contribution in [3.05, 3.63) is 0 Å². The summed E-state index contributed by atoms with van der Waals surface area (Å²) in [6.07, 6.45) is 3.81. The number of carbonyl (C=O) groups excluding carboxylic acids is 1. The number of nitrogens with one attached hydrogen (secondary N) is 2. The smallest absolute Gasteiger partial charge is 0.224 e. The Morgan fingerprint density at radius 1 is 1.47 bits per heavy atom. The number of likely N-dealkylation sites (tertiary alicyclic amines) is 1. The van der Waals surface area contributed by atoms with Gasteiger partial charge in [-0.25, -0.2) is 0 Å². The van der Waals surface area contributed by atoms with Gasteiger partial charge in [0.2, 0.25) is 5.91 Å². The lowest BCUT2D eigenvalue weighted by Crippen LogP contribution is -2.47. The fourth-order valence-electron chi connectivity index (χ4n) is 2.50. The van der Waals surface area contributed by atoms with E-state index in [1.54, 1.807) is 0 Å². The first kappa shape index (κ1) is 14.5. The molecule has 0 aliphatic carbocycles. The van der Waals surface area contributed by atoms with Gasteiger partial charge in [-0.2, -0.15) is 0 Å². The fraction of sp³-hybridized carbons (Fsp3) is 0.923. The number of hydrogen-bond donors (Lipinski definition) is 2. The van der Waals surface area contributed by atoms with Crippen LogP contribution in [0.4, 0.5) is 0 Å². The molecule has 0 radical (unpaired) electrons. The van der Waals surface area contributed by atoms with Crippen LogP contribution in [0.1, 0.15) is 33.1 Å². The molecule has 2 atom stereocenters. The zero-order chi connectivity index (χ0) is 12.7. The lowest BCUT2D eigenvalue weighted by atomic mass is 10.0. The van der Waals surface area contributed by atoms with Gasteiger partial charge in [-0.1, -0.05) is 20.3 Å². The van der Waals surface area contributed by atoms with E-state index in [0.29, 0.717) is 6.04 Å². The van der Waals surface area contributed by atoms with Crippen molar-refractivity contribution in [3.8, 4) is 0 Å². The first-order chi connectivity index (χ1) is 8.19. The monoisotopic (exact) mass is 241 g/mol. The van der Waals surface area contributed by atoms with Gasteiger partial charge < -0.3 is 10.6 Å². The van der Waals surface area contributed by atoms with Crippen molar-refractivity contribution in [1.29, 1.82) is 0 Å². The van der Waals surface area contributed by atoms with Gasteiger partial charge in [-0.3, -0.25) is 9.69 Å². The minimum Gasteiger partial charge on any atom is -0.354 e. The van der Waals surface area contributed by atoms with Crippen LogP contribution in [0, 0.1) is 5.92 Å². The third kappa shape index (κ3) is 4.64. The molecule has 0 aromatic carbocycles. The topological polar surface area (TPSA) is 44.4 Å². The van der Waals surface area contributed by atoms with E-state index in [1.807, 2.05) is 14.0 Å². The van der Waals surface area contributed by atoms with Gasteiger partial charge in [0, 0.05) is 25.0 Å². The second-order valence-corrected chi connectivity index (χ2v) is 4.98. The third-order valence-electron chi connectivity index (χ3n) is 3.63. The average Bonchev–Trinajstić information content (AvgIpc) is 2.36. The van der Waals surface area contributed by atoms with Crippen molar-refractivity contribution in [3.63, 3.8) is 0 Å². The van der Waals surface area contributed by atoms with E-state index in [4.69, 9.17) is 0 Å². The quantitative estimate of drug-likeness (QED) is 0.724. The van der Waals surface area contributed by atoms with Crippen LogP contribution < -0.4 is 10.6 Å². The molecule has 0 saturated carbocycles. The zero-order valence-corrected chi connectivity index (χ0v) is 11.5. The van der Waals surface area contributed by atoms with E-state index in [9.17, 15) is 4.79 Å². The molecule has 2 N–H and O–H groups in total.